The van der Waals surface area contributed by atoms with Gasteiger partial charge in [0.05, 0.1) is 29.3 Å². The van der Waals surface area contributed by atoms with Crippen molar-refractivity contribution >= 4 is 28.7 Å². The Hall–Kier alpha value is -2.75. The van der Waals surface area contributed by atoms with Gasteiger partial charge in [-0.1, -0.05) is 23.9 Å². The fourth-order valence-electron chi connectivity index (χ4n) is 3.92. The number of amidine groups is 1. The number of aliphatic imine (C=N–C) groups is 1. The highest BCUT2D eigenvalue weighted by Gasteiger charge is 2.41. The molecule has 0 bridgehead atoms. The molecule has 1 aromatic carbocycles. The van der Waals surface area contributed by atoms with Crippen molar-refractivity contribution in [2.75, 3.05) is 19.6 Å². The van der Waals surface area contributed by atoms with Crippen molar-refractivity contribution in [3.8, 4) is 0 Å². The molecule has 0 fully saturated rings. The number of nitrogens with one attached hydrogen (secondary N) is 1. The SMILES string of the molecule is CCNC(=O)CC1=CSC2=NC(C)=C(C(=O)N(CC)CC)C(c3ccc(C(F)(F)F)cc3)N12. The van der Waals surface area contributed by atoms with E-state index in [9.17, 15) is 22.8 Å². The normalized spacial score (nSPS) is 18.0. The molecule has 0 aromatic heterocycles. The van der Waals surface area contributed by atoms with E-state index in [1.807, 2.05) is 26.2 Å². The van der Waals surface area contributed by atoms with Gasteiger partial charge in [-0.3, -0.25) is 9.59 Å². The number of benzene rings is 1. The van der Waals surface area contributed by atoms with Crippen LogP contribution in [0.25, 0.3) is 0 Å². The average molecular weight is 481 g/mol. The number of rotatable bonds is 7. The van der Waals surface area contributed by atoms with Crippen molar-refractivity contribution < 1.29 is 22.8 Å². The summed E-state index contributed by atoms with van der Waals surface area (Å²) in [6.07, 6.45) is -4.39. The van der Waals surface area contributed by atoms with E-state index < -0.39 is 17.8 Å². The molecule has 1 aromatic rings. The van der Waals surface area contributed by atoms with Crippen molar-refractivity contribution in [3.63, 3.8) is 0 Å². The number of thioether (sulfide) groups is 1. The summed E-state index contributed by atoms with van der Waals surface area (Å²) in [5.74, 6) is -0.404. The fraction of sp³-hybridized carbons (Fsp3) is 0.435. The summed E-state index contributed by atoms with van der Waals surface area (Å²) < 4.78 is 39.5. The topological polar surface area (TPSA) is 65.0 Å². The molecule has 0 saturated heterocycles. The molecule has 0 saturated carbocycles. The molecule has 1 unspecified atom stereocenters. The average Bonchev–Trinajstić information content (AvgIpc) is 3.15. The molecular weight excluding hydrogens is 453 g/mol. The Morgan fingerprint density at radius 1 is 1.15 bits per heavy atom. The van der Waals surface area contributed by atoms with E-state index in [1.54, 1.807) is 16.7 Å². The quantitative estimate of drug-likeness (QED) is 0.616. The fourth-order valence-corrected chi connectivity index (χ4v) is 4.88. The molecule has 0 aliphatic carbocycles. The van der Waals surface area contributed by atoms with Crippen molar-refractivity contribution in [1.29, 1.82) is 0 Å². The maximum Gasteiger partial charge on any atom is 0.416 e. The van der Waals surface area contributed by atoms with Crippen molar-refractivity contribution in [2.45, 2.75) is 46.3 Å². The van der Waals surface area contributed by atoms with Gasteiger partial charge in [0.1, 0.15) is 0 Å². The molecule has 2 aliphatic rings. The number of likely N-dealkylation sites (N-methyl/N-ethyl adjacent to an activating group) is 1. The standard InChI is InChI=1S/C23H27F3N4O2S/c1-5-27-18(31)12-17-13-33-22-28-14(4)19(21(32)29(6-2)7-3)20(30(17)22)15-8-10-16(11-9-15)23(24,25)26/h8-11,13,20H,5-7,12H2,1-4H3,(H,27,31). The smallest absolute Gasteiger partial charge is 0.356 e. The monoisotopic (exact) mass is 480 g/mol. The van der Waals surface area contributed by atoms with Gasteiger partial charge in [0.25, 0.3) is 5.91 Å². The molecule has 2 aliphatic heterocycles. The highest BCUT2D eigenvalue weighted by atomic mass is 32.2. The second-order valence-corrected chi connectivity index (χ2v) is 8.46. The Bertz CT molecular complexity index is 1010. The molecule has 10 heteroatoms. The molecule has 1 atom stereocenters. The molecule has 6 nitrogen and oxygen atoms in total. The third-order valence-electron chi connectivity index (χ3n) is 5.55. The van der Waals surface area contributed by atoms with Crippen LogP contribution in [0.1, 0.15) is 51.3 Å². The first-order valence-electron chi connectivity index (χ1n) is 10.8. The minimum absolute atomic E-state index is 0.0722. The Kier molecular flexibility index (Phi) is 7.56. The van der Waals surface area contributed by atoms with Gasteiger partial charge in [-0.2, -0.15) is 13.2 Å². The number of allylic oxidation sites excluding steroid dienone is 1. The van der Waals surface area contributed by atoms with E-state index in [0.29, 0.717) is 47.3 Å². The maximum atomic E-state index is 13.5. The lowest BCUT2D eigenvalue weighted by Gasteiger charge is -2.38. The second-order valence-electron chi connectivity index (χ2n) is 7.62. The minimum Gasteiger partial charge on any atom is -0.356 e. The first-order valence-corrected chi connectivity index (χ1v) is 11.7. The lowest BCUT2D eigenvalue weighted by atomic mass is 9.92. The van der Waals surface area contributed by atoms with E-state index >= 15 is 0 Å². The molecule has 33 heavy (non-hydrogen) atoms. The van der Waals surface area contributed by atoms with Crippen LogP contribution < -0.4 is 5.32 Å². The molecule has 0 radical (unpaired) electrons. The summed E-state index contributed by atoms with van der Waals surface area (Å²) in [6, 6.07) is 4.14. The molecular formula is C23H27F3N4O2S. The number of halogens is 3. The number of nitrogens with zero attached hydrogens (tertiary/aromatic N) is 3. The number of alkyl halides is 3. The number of fused-ring (bicyclic) bond motifs is 1. The third-order valence-corrected chi connectivity index (χ3v) is 6.44. The predicted molar refractivity (Wildman–Crippen MR) is 123 cm³/mol. The zero-order valence-corrected chi connectivity index (χ0v) is 19.8. The summed E-state index contributed by atoms with van der Waals surface area (Å²) >= 11 is 1.33. The van der Waals surface area contributed by atoms with Crippen LogP contribution in [0.15, 0.2) is 51.6 Å². The van der Waals surface area contributed by atoms with Crippen molar-refractivity contribution in [3.05, 3.63) is 57.8 Å². The number of carbonyl (C=O) groups is 2. The maximum absolute atomic E-state index is 13.5. The van der Waals surface area contributed by atoms with Crippen LogP contribution in [0.4, 0.5) is 13.2 Å². The molecule has 0 spiro atoms. The summed E-state index contributed by atoms with van der Waals surface area (Å²) in [4.78, 5) is 33.9. The van der Waals surface area contributed by atoms with Crippen LogP contribution in [0.3, 0.4) is 0 Å². The Labute approximate surface area is 195 Å². The summed E-state index contributed by atoms with van der Waals surface area (Å²) in [5.41, 5.74) is 1.32. The number of hydrogen-bond acceptors (Lipinski definition) is 5. The van der Waals surface area contributed by atoms with Crippen molar-refractivity contribution in [1.82, 2.24) is 15.1 Å². The van der Waals surface area contributed by atoms with Gasteiger partial charge in [0, 0.05) is 25.3 Å². The Balaban J connectivity index is 2.10. The van der Waals surface area contributed by atoms with Gasteiger partial charge in [0.15, 0.2) is 5.17 Å². The van der Waals surface area contributed by atoms with Gasteiger partial charge in [0.2, 0.25) is 5.91 Å². The Morgan fingerprint density at radius 2 is 1.79 bits per heavy atom. The largest absolute Gasteiger partial charge is 0.416 e. The number of carbonyl (C=O) groups excluding carboxylic acids is 2. The number of hydrogen-bond donors (Lipinski definition) is 1. The summed E-state index contributed by atoms with van der Waals surface area (Å²) in [7, 11) is 0. The van der Waals surface area contributed by atoms with E-state index in [0.717, 1.165) is 12.1 Å². The van der Waals surface area contributed by atoms with E-state index in [-0.39, 0.29) is 18.2 Å². The minimum atomic E-state index is -4.46. The molecule has 2 amide bonds. The van der Waals surface area contributed by atoms with Crippen LogP contribution in [0.5, 0.6) is 0 Å². The van der Waals surface area contributed by atoms with E-state index in [1.165, 1.54) is 23.9 Å². The van der Waals surface area contributed by atoms with E-state index in [2.05, 4.69) is 10.3 Å². The Morgan fingerprint density at radius 3 is 2.33 bits per heavy atom. The van der Waals surface area contributed by atoms with Gasteiger partial charge in [-0.25, -0.2) is 4.99 Å². The third kappa shape index (κ3) is 5.10. The second kappa shape index (κ2) is 10.0. The van der Waals surface area contributed by atoms with Gasteiger partial charge in [-0.05, 0) is 50.8 Å². The zero-order valence-electron chi connectivity index (χ0n) is 19.0. The first-order chi connectivity index (χ1) is 15.6. The van der Waals surface area contributed by atoms with Gasteiger partial charge in [-0.15, -0.1) is 0 Å². The highest BCUT2D eigenvalue weighted by Crippen LogP contribution is 2.45. The van der Waals surface area contributed by atoms with Gasteiger partial charge >= 0.3 is 6.18 Å². The zero-order chi connectivity index (χ0) is 24.3. The number of amides is 2. The van der Waals surface area contributed by atoms with Crippen LogP contribution in [0, 0.1) is 0 Å². The van der Waals surface area contributed by atoms with Gasteiger partial charge < -0.3 is 15.1 Å². The lowest BCUT2D eigenvalue weighted by Crippen LogP contribution is -2.42. The van der Waals surface area contributed by atoms with Crippen LogP contribution in [0.2, 0.25) is 0 Å². The lowest BCUT2D eigenvalue weighted by molar-refractivity contribution is -0.137. The predicted octanol–water partition coefficient (Wildman–Crippen LogP) is 4.67. The van der Waals surface area contributed by atoms with Crippen molar-refractivity contribution in [2.24, 2.45) is 4.99 Å². The molecule has 2 heterocycles. The van der Waals surface area contributed by atoms with Crippen LogP contribution >= 0.6 is 11.8 Å². The summed E-state index contributed by atoms with van der Waals surface area (Å²) in [6.45, 7) is 8.74. The first kappa shape index (κ1) is 24.9. The van der Waals surface area contributed by atoms with Crippen LogP contribution in [-0.4, -0.2) is 46.4 Å². The highest BCUT2D eigenvalue weighted by molar-refractivity contribution is 8.16. The molecule has 3 rings (SSSR count). The van der Waals surface area contributed by atoms with Crippen LogP contribution in [-0.2, 0) is 15.8 Å². The van der Waals surface area contributed by atoms with E-state index in [4.69, 9.17) is 0 Å². The summed E-state index contributed by atoms with van der Waals surface area (Å²) in [5, 5.41) is 5.16. The molecule has 178 valence electrons. The molecule has 1 N–H and O–H groups in total.